The molecular weight excluding hydrogens is 492 g/mol. The highest BCUT2D eigenvalue weighted by atomic mass is 16.5. The summed E-state index contributed by atoms with van der Waals surface area (Å²) < 4.78 is 18.6. The molecule has 200 valence electrons. The van der Waals surface area contributed by atoms with Crippen molar-refractivity contribution in [3.8, 4) is 17.2 Å². The maximum atomic E-state index is 13.5. The summed E-state index contributed by atoms with van der Waals surface area (Å²) in [6.07, 6.45) is 4.63. The van der Waals surface area contributed by atoms with Gasteiger partial charge in [0.2, 0.25) is 0 Å². The lowest BCUT2D eigenvalue weighted by Gasteiger charge is -2.27. The lowest BCUT2D eigenvalue weighted by molar-refractivity contribution is 0.102. The molecule has 4 aromatic rings. The number of allylic oxidation sites excluding steroid dienone is 1. The zero-order valence-electron chi connectivity index (χ0n) is 22.5. The lowest BCUT2D eigenvalue weighted by atomic mass is 9.99. The van der Waals surface area contributed by atoms with E-state index in [1.165, 1.54) is 5.56 Å². The molecule has 0 radical (unpaired) electrons. The van der Waals surface area contributed by atoms with Gasteiger partial charge < -0.3 is 24.8 Å². The third-order valence-electron chi connectivity index (χ3n) is 6.73. The highest BCUT2D eigenvalue weighted by Crippen LogP contribution is 2.41. The van der Waals surface area contributed by atoms with E-state index in [-0.39, 0.29) is 11.9 Å². The van der Waals surface area contributed by atoms with E-state index in [1.54, 1.807) is 25.1 Å². The maximum absolute atomic E-state index is 13.5. The predicted octanol–water partition coefficient (Wildman–Crippen LogP) is 6.17. The van der Waals surface area contributed by atoms with Gasteiger partial charge in [0, 0.05) is 16.9 Å². The largest absolute Gasteiger partial charge is 0.494 e. The van der Waals surface area contributed by atoms with Crippen LogP contribution >= 0.6 is 0 Å². The number of fused-ring (bicyclic) bond motifs is 1. The molecule has 0 aliphatic carbocycles. The Balaban J connectivity index is 1.55. The third kappa shape index (κ3) is 5.18. The average molecular weight is 525 g/mol. The van der Waals surface area contributed by atoms with E-state index in [9.17, 15) is 4.79 Å². The van der Waals surface area contributed by atoms with Gasteiger partial charge in [-0.2, -0.15) is 5.10 Å². The van der Waals surface area contributed by atoms with Crippen molar-refractivity contribution in [3.63, 3.8) is 0 Å². The van der Waals surface area contributed by atoms with E-state index in [4.69, 9.17) is 14.2 Å². The summed E-state index contributed by atoms with van der Waals surface area (Å²) >= 11 is 0. The minimum absolute atomic E-state index is 0.271. The fraction of sp³-hybridized carbons (Fsp3) is 0.226. The number of benzene rings is 3. The van der Waals surface area contributed by atoms with Crippen LogP contribution in [-0.2, 0) is 6.42 Å². The molecule has 39 heavy (non-hydrogen) atoms. The monoisotopic (exact) mass is 524 g/mol. The van der Waals surface area contributed by atoms with E-state index in [2.05, 4.69) is 53.0 Å². The number of carbonyl (C=O) groups is 1. The first kappa shape index (κ1) is 25.9. The molecule has 8 nitrogen and oxygen atoms in total. The fourth-order valence-corrected chi connectivity index (χ4v) is 4.72. The van der Waals surface area contributed by atoms with Crippen LogP contribution in [0.3, 0.4) is 0 Å². The Labute approximate surface area is 228 Å². The number of anilines is 2. The van der Waals surface area contributed by atoms with Crippen molar-refractivity contribution in [2.45, 2.75) is 26.3 Å². The molecule has 2 N–H and O–H groups in total. The van der Waals surface area contributed by atoms with Gasteiger partial charge in [0.1, 0.15) is 23.2 Å². The van der Waals surface area contributed by atoms with Crippen molar-refractivity contribution in [1.82, 2.24) is 9.78 Å². The van der Waals surface area contributed by atoms with Gasteiger partial charge in [-0.15, -0.1) is 0 Å². The molecule has 5 rings (SSSR count). The summed E-state index contributed by atoms with van der Waals surface area (Å²) in [7, 11) is 3.24. The quantitative estimate of drug-likeness (QED) is 0.272. The molecule has 0 spiro atoms. The highest BCUT2D eigenvalue weighted by Gasteiger charge is 2.30. The molecule has 0 bridgehead atoms. The normalized spacial score (nSPS) is 14.1. The van der Waals surface area contributed by atoms with Crippen LogP contribution in [0.2, 0.25) is 0 Å². The Morgan fingerprint density at radius 2 is 1.77 bits per heavy atom. The van der Waals surface area contributed by atoms with Crippen molar-refractivity contribution < 1.29 is 19.0 Å². The van der Waals surface area contributed by atoms with Gasteiger partial charge in [-0.05, 0) is 60.9 Å². The van der Waals surface area contributed by atoms with Gasteiger partial charge in [0.05, 0.1) is 27.0 Å². The summed E-state index contributed by atoms with van der Waals surface area (Å²) in [4.78, 5) is 13.5. The molecule has 1 atom stereocenters. The van der Waals surface area contributed by atoms with Gasteiger partial charge >= 0.3 is 0 Å². The molecule has 1 aromatic heterocycles. The molecule has 1 amide bonds. The Bertz CT molecular complexity index is 1490. The van der Waals surface area contributed by atoms with Crippen molar-refractivity contribution in [1.29, 1.82) is 0 Å². The van der Waals surface area contributed by atoms with Crippen LogP contribution in [0.25, 0.3) is 5.70 Å². The number of carbonyl (C=O) groups excluding carboxylic acids is 1. The molecule has 3 aromatic carbocycles. The number of ether oxygens (including phenoxy) is 3. The number of aromatic nitrogens is 2. The number of para-hydroxylation sites is 1. The molecular formula is C31H32N4O4. The first-order valence-corrected chi connectivity index (χ1v) is 13.0. The smallest absolute Gasteiger partial charge is 0.261 e. The first-order chi connectivity index (χ1) is 19.1. The summed E-state index contributed by atoms with van der Waals surface area (Å²) in [5.41, 5.74) is 5.08. The molecule has 1 aliphatic heterocycles. The van der Waals surface area contributed by atoms with Crippen molar-refractivity contribution >= 4 is 23.1 Å². The van der Waals surface area contributed by atoms with E-state index >= 15 is 0 Å². The van der Waals surface area contributed by atoms with E-state index in [0.29, 0.717) is 35.2 Å². The average Bonchev–Trinajstić information content (AvgIpc) is 3.41. The van der Waals surface area contributed by atoms with E-state index in [1.807, 2.05) is 49.4 Å². The number of rotatable bonds is 9. The maximum Gasteiger partial charge on any atom is 0.261 e. The van der Waals surface area contributed by atoms with Crippen LogP contribution in [0.5, 0.6) is 17.2 Å². The molecule has 1 aliphatic rings. The lowest BCUT2D eigenvalue weighted by Crippen LogP contribution is -2.22. The molecule has 0 saturated carbocycles. The van der Waals surface area contributed by atoms with E-state index < -0.39 is 0 Å². The predicted molar refractivity (Wildman–Crippen MR) is 153 cm³/mol. The number of hydrogen-bond donors (Lipinski definition) is 2. The SMILES string of the molecule is CCOc1ccc(NC(=O)c2cnn3c2NC(c2ccc(CC)cc2)=C[C@H]3c2cccc(OC)c2OC)cc1. The topological polar surface area (TPSA) is 86.6 Å². The number of hydrogen-bond acceptors (Lipinski definition) is 6. The Morgan fingerprint density at radius 3 is 2.44 bits per heavy atom. The Morgan fingerprint density at radius 1 is 1.00 bits per heavy atom. The van der Waals surface area contributed by atoms with Crippen LogP contribution in [0.15, 0.2) is 79.0 Å². The van der Waals surface area contributed by atoms with Crippen LogP contribution in [0.1, 0.15) is 46.9 Å². The number of nitrogens with one attached hydrogen (secondary N) is 2. The summed E-state index contributed by atoms with van der Waals surface area (Å²) in [5.74, 6) is 2.31. The minimum Gasteiger partial charge on any atom is -0.494 e. The van der Waals surface area contributed by atoms with Crippen LogP contribution < -0.4 is 24.8 Å². The van der Waals surface area contributed by atoms with Gasteiger partial charge in [0.15, 0.2) is 11.5 Å². The second kappa shape index (κ2) is 11.3. The third-order valence-corrected chi connectivity index (χ3v) is 6.73. The van der Waals surface area contributed by atoms with Crippen LogP contribution in [-0.4, -0.2) is 36.5 Å². The van der Waals surface area contributed by atoms with Crippen molar-refractivity contribution in [2.24, 2.45) is 0 Å². The highest BCUT2D eigenvalue weighted by molar-refractivity contribution is 6.08. The van der Waals surface area contributed by atoms with E-state index in [0.717, 1.165) is 29.0 Å². The molecule has 2 heterocycles. The van der Waals surface area contributed by atoms with Gasteiger partial charge in [0.25, 0.3) is 5.91 Å². The zero-order chi connectivity index (χ0) is 27.4. The van der Waals surface area contributed by atoms with Crippen molar-refractivity contribution in [2.75, 3.05) is 31.5 Å². The van der Waals surface area contributed by atoms with Gasteiger partial charge in [-0.25, -0.2) is 4.68 Å². The summed E-state index contributed by atoms with van der Waals surface area (Å²) in [5, 5.41) is 11.1. The minimum atomic E-state index is -0.348. The number of amides is 1. The van der Waals surface area contributed by atoms with Crippen LogP contribution in [0.4, 0.5) is 11.5 Å². The Hall–Kier alpha value is -4.72. The standard InChI is InChI=1S/C31H32N4O4/c1-5-20-10-12-21(13-11-20)26-18-27(24-8-7-9-28(37-3)29(24)38-4)35-30(34-26)25(19-32-35)31(36)33-22-14-16-23(17-15-22)39-6-2/h7-19,27,34H,5-6H2,1-4H3,(H,33,36)/t27-/m0/s1. The number of aryl methyl sites for hydroxylation is 1. The van der Waals surface area contributed by atoms with Crippen molar-refractivity contribution in [3.05, 3.63) is 101 Å². The summed E-state index contributed by atoms with van der Waals surface area (Å²) in [6, 6.07) is 21.1. The molecule has 0 unspecified atom stereocenters. The second-order valence-electron chi connectivity index (χ2n) is 9.05. The number of methoxy groups -OCH3 is 2. The first-order valence-electron chi connectivity index (χ1n) is 13.0. The Kier molecular flexibility index (Phi) is 7.54. The summed E-state index contributed by atoms with van der Waals surface area (Å²) in [6.45, 7) is 4.64. The molecule has 0 saturated heterocycles. The van der Waals surface area contributed by atoms with Gasteiger partial charge in [-0.1, -0.05) is 43.3 Å². The molecule has 8 heteroatoms. The zero-order valence-corrected chi connectivity index (χ0v) is 22.5. The second-order valence-corrected chi connectivity index (χ2v) is 9.05. The fourth-order valence-electron chi connectivity index (χ4n) is 4.72. The number of nitrogens with zero attached hydrogens (tertiary/aromatic N) is 2. The molecule has 0 fully saturated rings. The van der Waals surface area contributed by atoms with Crippen LogP contribution in [0, 0.1) is 0 Å². The van der Waals surface area contributed by atoms with Gasteiger partial charge in [-0.3, -0.25) is 4.79 Å².